The van der Waals surface area contributed by atoms with Crippen molar-refractivity contribution in [1.29, 1.82) is 0 Å². The highest BCUT2D eigenvalue weighted by Crippen LogP contribution is 2.19. The first-order chi connectivity index (χ1) is 7.61. The second kappa shape index (κ2) is 3.92. The molecule has 0 fully saturated rings. The summed E-state index contributed by atoms with van der Waals surface area (Å²) in [5.41, 5.74) is 2.46. The van der Waals surface area contributed by atoms with Gasteiger partial charge in [-0.3, -0.25) is 9.48 Å². The van der Waals surface area contributed by atoms with Crippen molar-refractivity contribution < 1.29 is 4.79 Å². The highest BCUT2D eigenvalue weighted by Gasteiger charge is 2.07. The standard InChI is InChI=1S/C11H14N4O/c1-4-10(16)13-8-5-9-7(2)14-15(3)11(9)12-6-8/h5-6H,4H2,1-3H3,(H,13,16). The van der Waals surface area contributed by atoms with Gasteiger partial charge >= 0.3 is 0 Å². The van der Waals surface area contributed by atoms with Crippen LogP contribution in [0.4, 0.5) is 5.69 Å². The lowest BCUT2D eigenvalue weighted by Gasteiger charge is -2.02. The smallest absolute Gasteiger partial charge is 0.224 e. The lowest BCUT2D eigenvalue weighted by atomic mass is 10.2. The third-order valence-electron chi connectivity index (χ3n) is 2.47. The molecule has 16 heavy (non-hydrogen) atoms. The van der Waals surface area contributed by atoms with E-state index < -0.39 is 0 Å². The Balaban J connectivity index is 2.43. The average Bonchev–Trinajstić information content (AvgIpc) is 2.54. The van der Waals surface area contributed by atoms with Gasteiger partial charge in [-0.15, -0.1) is 0 Å². The van der Waals surface area contributed by atoms with E-state index in [1.807, 2.05) is 27.0 Å². The van der Waals surface area contributed by atoms with Crippen LogP contribution in [0.5, 0.6) is 0 Å². The van der Waals surface area contributed by atoms with Gasteiger partial charge in [0, 0.05) is 18.9 Å². The molecule has 1 amide bonds. The normalized spacial score (nSPS) is 10.7. The monoisotopic (exact) mass is 218 g/mol. The highest BCUT2D eigenvalue weighted by molar-refractivity contribution is 5.92. The molecular formula is C11H14N4O. The fraction of sp³-hybridized carbons (Fsp3) is 0.364. The van der Waals surface area contributed by atoms with E-state index in [0.717, 1.165) is 22.4 Å². The summed E-state index contributed by atoms with van der Waals surface area (Å²) in [6.45, 7) is 3.74. The summed E-state index contributed by atoms with van der Waals surface area (Å²) in [6.07, 6.45) is 2.11. The number of aromatic nitrogens is 3. The minimum Gasteiger partial charge on any atom is -0.325 e. The average molecular weight is 218 g/mol. The van der Waals surface area contributed by atoms with Gasteiger partial charge in [-0.2, -0.15) is 5.10 Å². The van der Waals surface area contributed by atoms with E-state index in [0.29, 0.717) is 6.42 Å². The summed E-state index contributed by atoms with van der Waals surface area (Å²) in [5, 5.41) is 8.02. The predicted octanol–water partition coefficient (Wildman–Crippen LogP) is 1.63. The molecule has 2 rings (SSSR count). The maximum Gasteiger partial charge on any atom is 0.224 e. The molecule has 0 aliphatic heterocycles. The Labute approximate surface area is 93.5 Å². The lowest BCUT2D eigenvalue weighted by Crippen LogP contribution is -2.09. The van der Waals surface area contributed by atoms with Crippen LogP contribution in [0.2, 0.25) is 0 Å². The first-order valence-corrected chi connectivity index (χ1v) is 5.21. The number of pyridine rings is 1. The number of hydrogen-bond acceptors (Lipinski definition) is 3. The van der Waals surface area contributed by atoms with Gasteiger partial charge in [0.25, 0.3) is 0 Å². The van der Waals surface area contributed by atoms with Crippen molar-refractivity contribution in [2.75, 3.05) is 5.32 Å². The van der Waals surface area contributed by atoms with Gasteiger partial charge in [0.1, 0.15) is 0 Å². The van der Waals surface area contributed by atoms with Crippen molar-refractivity contribution in [3.05, 3.63) is 18.0 Å². The van der Waals surface area contributed by atoms with Crippen LogP contribution in [0.15, 0.2) is 12.3 Å². The number of nitrogens with zero attached hydrogens (tertiary/aromatic N) is 3. The van der Waals surface area contributed by atoms with E-state index in [4.69, 9.17) is 0 Å². The molecule has 0 bridgehead atoms. The van der Waals surface area contributed by atoms with Crippen LogP contribution in [-0.2, 0) is 11.8 Å². The van der Waals surface area contributed by atoms with Gasteiger partial charge in [-0.1, -0.05) is 6.92 Å². The predicted molar refractivity (Wildman–Crippen MR) is 62.2 cm³/mol. The summed E-state index contributed by atoms with van der Waals surface area (Å²) >= 11 is 0. The molecule has 2 aromatic rings. The Morgan fingerprint density at radius 1 is 1.56 bits per heavy atom. The van der Waals surface area contributed by atoms with Crippen LogP contribution in [0.25, 0.3) is 11.0 Å². The largest absolute Gasteiger partial charge is 0.325 e. The van der Waals surface area contributed by atoms with Crippen molar-refractivity contribution in [1.82, 2.24) is 14.8 Å². The van der Waals surface area contributed by atoms with E-state index >= 15 is 0 Å². The first kappa shape index (κ1) is 10.6. The van der Waals surface area contributed by atoms with Gasteiger partial charge in [-0.05, 0) is 13.0 Å². The second-order valence-corrected chi connectivity index (χ2v) is 3.71. The summed E-state index contributed by atoms with van der Waals surface area (Å²) in [6, 6.07) is 1.90. The van der Waals surface area contributed by atoms with Crippen molar-refractivity contribution in [3.63, 3.8) is 0 Å². The number of carbonyl (C=O) groups is 1. The molecule has 5 nitrogen and oxygen atoms in total. The molecule has 0 aliphatic carbocycles. The number of fused-ring (bicyclic) bond motifs is 1. The topological polar surface area (TPSA) is 59.8 Å². The zero-order valence-electron chi connectivity index (χ0n) is 9.61. The quantitative estimate of drug-likeness (QED) is 0.833. The zero-order chi connectivity index (χ0) is 11.7. The Bertz CT molecular complexity index is 544. The van der Waals surface area contributed by atoms with E-state index in [2.05, 4.69) is 15.4 Å². The first-order valence-electron chi connectivity index (χ1n) is 5.21. The third kappa shape index (κ3) is 1.76. The summed E-state index contributed by atoms with van der Waals surface area (Å²) in [5.74, 6) is -0.0114. The van der Waals surface area contributed by atoms with E-state index in [1.165, 1.54) is 0 Å². The second-order valence-electron chi connectivity index (χ2n) is 3.71. The molecule has 0 saturated carbocycles. The number of carbonyl (C=O) groups excluding carboxylic acids is 1. The molecule has 0 aliphatic rings. The molecule has 2 heterocycles. The molecule has 0 spiro atoms. The third-order valence-corrected chi connectivity index (χ3v) is 2.47. The molecule has 5 heteroatoms. The molecule has 0 radical (unpaired) electrons. The van der Waals surface area contributed by atoms with Crippen LogP contribution in [0.1, 0.15) is 19.0 Å². The zero-order valence-corrected chi connectivity index (χ0v) is 9.61. The number of anilines is 1. The van der Waals surface area contributed by atoms with Crippen LogP contribution in [0, 0.1) is 6.92 Å². The molecule has 0 unspecified atom stereocenters. The molecule has 2 aromatic heterocycles. The summed E-state index contributed by atoms with van der Waals surface area (Å²) in [7, 11) is 1.85. The van der Waals surface area contributed by atoms with Gasteiger partial charge < -0.3 is 5.32 Å². The van der Waals surface area contributed by atoms with E-state index in [1.54, 1.807) is 10.9 Å². The minimum absolute atomic E-state index is 0.0114. The minimum atomic E-state index is -0.0114. The molecule has 0 saturated heterocycles. The number of rotatable bonds is 2. The molecule has 0 aromatic carbocycles. The Morgan fingerprint density at radius 3 is 3.00 bits per heavy atom. The molecular weight excluding hydrogens is 204 g/mol. The van der Waals surface area contributed by atoms with Crippen molar-refractivity contribution >= 4 is 22.6 Å². The molecule has 1 N–H and O–H groups in total. The van der Waals surface area contributed by atoms with Crippen LogP contribution < -0.4 is 5.32 Å². The number of aryl methyl sites for hydroxylation is 2. The number of hydrogen-bond donors (Lipinski definition) is 1. The Hall–Kier alpha value is -1.91. The van der Waals surface area contributed by atoms with Gasteiger partial charge in [0.2, 0.25) is 5.91 Å². The van der Waals surface area contributed by atoms with Crippen molar-refractivity contribution in [2.24, 2.45) is 7.05 Å². The van der Waals surface area contributed by atoms with Crippen molar-refractivity contribution in [3.8, 4) is 0 Å². The van der Waals surface area contributed by atoms with E-state index in [9.17, 15) is 4.79 Å². The summed E-state index contributed by atoms with van der Waals surface area (Å²) < 4.78 is 1.73. The SMILES string of the molecule is CCC(=O)Nc1cnc2c(c1)c(C)nn2C. The van der Waals surface area contributed by atoms with E-state index in [-0.39, 0.29) is 5.91 Å². The molecule has 84 valence electrons. The highest BCUT2D eigenvalue weighted by atomic mass is 16.1. The molecule has 0 atom stereocenters. The fourth-order valence-electron chi connectivity index (χ4n) is 1.63. The Morgan fingerprint density at radius 2 is 2.31 bits per heavy atom. The maximum absolute atomic E-state index is 11.2. The van der Waals surface area contributed by atoms with Crippen LogP contribution in [0.3, 0.4) is 0 Å². The number of amides is 1. The lowest BCUT2D eigenvalue weighted by molar-refractivity contribution is -0.115. The van der Waals surface area contributed by atoms with Crippen molar-refractivity contribution in [2.45, 2.75) is 20.3 Å². The van der Waals surface area contributed by atoms with Crippen LogP contribution in [-0.4, -0.2) is 20.7 Å². The maximum atomic E-state index is 11.2. The number of nitrogens with one attached hydrogen (secondary N) is 1. The summed E-state index contributed by atoms with van der Waals surface area (Å²) in [4.78, 5) is 15.5. The Kier molecular flexibility index (Phi) is 2.60. The fourth-order valence-corrected chi connectivity index (χ4v) is 1.63. The van der Waals surface area contributed by atoms with Gasteiger partial charge in [0.05, 0.1) is 17.6 Å². The van der Waals surface area contributed by atoms with Gasteiger partial charge in [-0.25, -0.2) is 4.98 Å². The van der Waals surface area contributed by atoms with Crippen LogP contribution >= 0.6 is 0 Å². The van der Waals surface area contributed by atoms with Gasteiger partial charge in [0.15, 0.2) is 5.65 Å².